The molecule has 98 valence electrons. The monoisotopic (exact) mass is 266 g/mol. The van der Waals surface area contributed by atoms with Crippen molar-refractivity contribution in [3.05, 3.63) is 23.0 Å². The fourth-order valence-electron chi connectivity index (χ4n) is 1.55. The SMILES string of the molecule is CCc1nnc(C)cc1C(=O)N(C)CCC(N)=S. The predicted molar refractivity (Wildman–Crippen MR) is 74.5 cm³/mol. The Hall–Kier alpha value is -1.56. The molecule has 1 aromatic rings. The quantitative estimate of drug-likeness (QED) is 0.808. The minimum absolute atomic E-state index is 0.0684. The molecular formula is C12H18N4OS. The van der Waals surface area contributed by atoms with Crippen LogP contribution < -0.4 is 5.73 Å². The number of aromatic nitrogens is 2. The number of hydrogen-bond acceptors (Lipinski definition) is 4. The zero-order valence-electron chi connectivity index (χ0n) is 10.9. The highest BCUT2D eigenvalue weighted by Crippen LogP contribution is 2.10. The summed E-state index contributed by atoms with van der Waals surface area (Å²) in [5, 5.41) is 8.01. The zero-order chi connectivity index (χ0) is 13.7. The van der Waals surface area contributed by atoms with Gasteiger partial charge in [0.25, 0.3) is 5.91 Å². The van der Waals surface area contributed by atoms with Gasteiger partial charge in [-0.25, -0.2) is 0 Å². The second-order valence-electron chi connectivity index (χ2n) is 4.14. The van der Waals surface area contributed by atoms with E-state index < -0.39 is 0 Å². The van der Waals surface area contributed by atoms with Gasteiger partial charge in [-0.1, -0.05) is 19.1 Å². The Morgan fingerprint density at radius 2 is 2.17 bits per heavy atom. The molecule has 18 heavy (non-hydrogen) atoms. The molecule has 0 saturated carbocycles. The van der Waals surface area contributed by atoms with Crippen LogP contribution in [0.5, 0.6) is 0 Å². The number of carbonyl (C=O) groups is 1. The van der Waals surface area contributed by atoms with Crippen LogP contribution in [0.2, 0.25) is 0 Å². The van der Waals surface area contributed by atoms with Gasteiger partial charge in [-0.05, 0) is 19.4 Å². The molecule has 1 aromatic heterocycles. The molecule has 0 bridgehead atoms. The maximum absolute atomic E-state index is 12.3. The van der Waals surface area contributed by atoms with Crippen LogP contribution in [-0.2, 0) is 6.42 Å². The number of hydrogen-bond donors (Lipinski definition) is 1. The number of thiocarbonyl (C=S) groups is 1. The normalized spacial score (nSPS) is 10.2. The molecule has 1 heterocycles. The lowest BCUT2D eigenvalue weighted by atomic mass is 10.1. The highest BCUT2D eigenvalue weighted by atomic mass is 32.1. The zero-order valence-corrected chi connectivity index (χ0v) is 11.8. The number of nitrogens with zero attached hydrogens (tertiary/aromatic N) is 3. The Labute approximate surface area is 112 Å². The van der Waals surface area contributed by atoms with Crippen molar-refractivity contribution in [2.75, 3.05) is 13.6 Å². The van der Waals surface area contributed by atoms with Gasteiger partial charge in [0.1, 0.15) is 0 Å². The molecule has 1 amide bonds. The largest absolute Gasteiger partial charge is 0.393 e. The number of nitrogens with two attached hydrogens (primary N) is 1. The van der Waals surface area contributed by atoms with Gasteiger partial charge in [-0.15, -0.1) is 0 Å². The van der Waals surface area contributed by atoms with Crippen LogP contribution in [0.4, 0.5) is 0 Å². The maximum Gasteiger partial charge on any atom is 0.255 e. The van der Waals surface area contributed by atoms with Gasteiger partial charge in [0.05, 0.1) is 21.9 Å². The summed E-state index contributed by atoms with van der Waals surface area (Å²) >= 11 is 4.80. The molecule has 6 heteroatoms. The minimum Gasteiger partial charge on any atom is -0.393 e. The summed E-state index contributed by atoms with van der Waals surface area (Å²) in [6.07, 6.45) is 1.20. The molecule has 0 saturated heterocycles. The van der Waals surface area contributed by atoms with E-state index in [4.69, 9.17) is 18.0 Å². The Morgan fingerprint density at radius 3 is 2.72 bits per heavy atom. The van der Waals surface area contributed by atoms with Crippen LogP contribution in [0.15, 0.2) is 6.07 Å². The third-order valence-electron chi connectivity index (χ3n) is 2.60. The average molecular weight is 266 g/mol. The first-order valence-electron chi connectivity index (χ1n) is 5.82. The van der Waals surface area contributed by atoms with E-state index in [0.29, 0.717) is 35.6 Å². The van der Waals surface area contributed by atoms with Crippen molar-refractivity contribution in [2.45, 2.75) is 26.7 Å². The number of rotatable bonds is 5. The highest BCUT2D eigenvalue weighted by molar-refractivity contribution is 7.80. The van der Waals surface area contributed by atoms with E-state index >= 15 is 0 Å². The minimum atomic E-state index is -0.0684. The molecule has 0 atom stereocenters. The summed E-state index contributed by atoms with van der Waals surface area (Å²) in [4.78, 5) is 14.3. The van der Waals surface area contributed by atoms with Gasteiger partial charge in [0, 0.05) is 20.0 Å². The molecule has 5 nitrogen and oxygen atoms in total. The van der Waals surface area contributed by atoms with Crippen molar-refractivity contribution in [1.82, 2.24) is 15.1 Å². The third-order valence-corrected chi connectivity index (χ3v) is 2.80. The van der Waals surface area contributed by atoms with E-state index in [9.17, 15) is 4.79 Å². The molecule has 0 aromatic carbocycles. The molecule has 0 aliphatic carbocycles. The van der Waals surface area contributed by atoms with Gasteiger partial charge in [-0.3, -0.25) is 4.79 Å². The third kappa shape index (κ3) is 3.73. The maximum atomic E-state index is 12.3. The molecule has 0 radical (unpaired) electrons. The molecule has 0 spiro atoms. The molecule has 0 unspecified atom stereocenters. The van der Waals surface area contributed by atoms with Crippen molar-refractivity contribution in [2.24, 2.45) is 5.73 Å². The number of aryl methyl sites for hydroxylation is 2. The first-order chi connectivity index (χ1) is 8.45. The van der Waals surface area contributed by atoms with E-state index in [1.807, 2.05) is 13.8 Å². The molecule has 1 rings (SSSR count). The standard InChI is InChI=1S/C12H18N4OS/c1-4-10-9(7-8(2)14-15-10)12(17)16(3)6-5-11(13)18/h7H,4-6H2,1-3H3,(H2,13,18). The van der Waals surface area contributed by atoms with Gasteiger partial charge < -0.3 is 10.6 Å². The summed E-state index contributed by atoms with van der Waals surface area (Å²) in [5.74, 6) is -0.0684. The summed E-state index contributed by atoms with van der Waals surface area (Å²) in [6, 6.07) is 1.77. The van der Waals surface area contributed by atoms with Crippen LogP contribution in [0.3, 0.4) is 0 Å². The van der Waals surface area contributed by atoms with Crippen LogP contribution in [0, 0.1) is 6.92 Å². The van der Waals surface area contributed by atoms with Crippen molar-refractivity contribution < 1.29 is 4.79 Å². The summed E-state index contributed by atoms with van der Waals surface area (Å²) in [5.41, 5.74) is 7.49. The fourth-order valence-corrected chi connectivity index (χ4v) is 1.64. The Balaban J connectivity index is 2.88. The number of amides is 1. The van der Waals surface area contributed by atoms with Gasteiger partial charge in [0.2, 0.25) is 0 Å². The van der Waals surface area contributed by atoms with Gasteiger partial charge >= 0.3 is 0 Å². The average Bonchev–Trinajstić information content (AvgIpc) is 2.34. The Morgan fingerprint density at radius 1 is 1.50 bits per heavy atom. The lowest BCUT2D eigenvalue weighted by Crippen LogP contribution is -2.31. The van der Waals surface area contributed by atoms with Crippen LogP contribution in [0.1, 0.15) is 35.1 Å². The number of carbonyl (C=O) groups excluding carboxylic acids is 1. The summed E-state index contributed by atoms with van der Waals surface area (Å²) < 4.78 is 0. The molecule has 0 aliphatic rings. The van der Waals surface area contributed by atoms with Crippen molar-refractivity contribution >= 4 is 23.1 Å². The van der Waals surface area contributed by atoms with Crippen LogP contribution in [-0.4, -0.2) is 39.6 Å². The lowest BCUT2D eigenvalue weighted by molar-refractivity contribution is 0.0797. The van der Waals surface area contributed by atoms with Gasteiger partial charge in [-0.2, -0.15) is 10.2 Å². The van der Waals surface area contributed by atoms with Crippen molar-refractivity contribution in [3.8, 4) is 0 Å². The second kappa shape index (κ2) is 6.39. The first-order valence-corrected chi connectivity index (χ1v) is 6.23. The van der Waals surface area contributed by atoms with E-state index in [0.717, 1.165) is 5.69 Å². The summed E-state index contributed by atoms with van der Waals surface area (Å²) in [7, 11) is 1.73. The molecule has 0 aliphatic heterocycles. The van der Waals surface area contributed by atoms with E-state index in [-0.39, 0.29) is 5.91 Å². The summed E-state index contributed by atoms with van der Waals surface area (Å²) in [6.45, 7) is 4.28. The lowest BCUT2D eigenvalue weighted by Gasteiger charge is -2.18. The molecular weight excluding hydrogens is 248 g/mol. The van der Waals surface area contributed by atoms with Crippen LogP contribution in [0.25, 0.3) is 0 Å². The van der Waals surface area contributed by atoms with E-state index in [2.05, 4.69) is 10.2 Å². The highest BCUT2D eigenvalue weighted by Gasteiger charge is 2.16. The molecule has 2 N–H and O–H groups in total. The first kappa shape index (κ1) is 14.5. The predicted octanol–water partition coefficient (Wildman–Crippen LogP) is 1.10. The second-order valence-corrected chi connectivity index (χ2v) is 4.67. The van der Waals surface area contributed by atoms with Crippen LogP contribution >= 0.6 is 12.2 Å². The Kier molecular flexibility index (Phi) is 5.15. The topological polar surface area (TPSA) is 72.1 Å². The van der Waals surface area contributed by atoms with E-state index in [1.165, 1.54) is 0 Å². The smallest absolute Gasteiger partial charge is 0.255 e. The fraction of sp³-hybridized carbons (Fsp3) is 0.500. The Bertz CT molecular complexity index is 461. The van der Waals surface area contributed by atoms with Crippen molar-refractivity contribution in [1.29, 1.82) is 0 Å². The van der Waals surface area contributed by atoms with Gasteiger partial charge in [0.15, 0.2) is 0 Å². The van der Waals surface area contributed by atoms with Crippen molar-refractivity contribution in [3.63, 3.8) is 0 Å². The van der Waals surface area contributed by atoms with E-state index in [1.54, 1.807) is 18.0 Å². The molecule has 0 fully saturated rings.